The molecule has 1 atom stereocenters. The first kappa shape index (κ1) is 21.0. The van der Waals surface area contributed by atoms with Crippen molar-refractivity contribution in [1.82, 2.24) is 4.90 Å². The van der Waals surface area contributed by atoms with E-state index in [1.165, 1.54) is 0 Å². The average Bonchev–Trinajstić information content (AvgIpc) is 3.11. The van der Waals surface area contributed by atoms with Gasteiger partial charge in [0.25, 0.3) is 5.91 Å². The van der Waals surface area contributed by atoms with Crippen LogP contribution in [0.4, 0.5) is 0 Å². The lowest BCUT2D eigenvalue weighted by Gasteiger charge is -2.25. The summed E-state index contributed by atoms with van der Waals surface area (Å²) in [7, 11) is 0. The Labute approximate surface area is 192 Å². The minimum Gasteiger partial charge on any atom is -0.494 e. The number of aryl methyl sites for hydroxylation is 1. The van der Waals surface area contributed by atoms with Crippen molar-refractivity contribution in [3.05, 3.63) is 111 Å². The molecule has 3 aromatic carbocycles. The molecular weight excluding hydrogens is 414 g/mol. The van der Waals surface area contributed by atoms with Gasteiger partial charge in [-0.25, -0.2) is 0 Å². The molecule has 5 nitrogen and oxygen atoms in total. The summed E-state index contributed by atoms with van der Waals surface area (Å²) < 4.78 is 11.6. The molecule has 4 aromatic rings. The molecule has 0 aliphatic carbocycles. The average molecular weight is 440 g/mol. The largest absolute Gasteiger partial charge is 0.494 e. The Bertz CT molecular complexity index is 1370. The van der Waals surface area contributed by atoms with Crippen LogP contribution in [0.25, 0.3) is 11.0 Å². The van der Waals surface area contributed by atoms with E-state index in [1.54, 1.807) is 11.0 Å². The van der Waals surface area contributed by atoms with Crippen LogP contribution in [-0.4, -0.2) is 24.0 Å². The van der Waals surface area contributed by atoms with Gasteiger partial charge in [0.05, 0.1) is 23.6 Å². The van der Waals surface area contributed by atoms with E-state index in [-0.39, 0.29) is 17.1 Å². The first-order valence-corrected chi connectivity index (χ1v) is 11.2. The third-order valence-electron chi connectivity index (χ3n) is 6.11. The Balaban J connectivity index is 1.62. The third kappa shape index (κ3) is 3.80. The molecule has 0 saturated carbocycles. The zero-order valence-electron chi connectivity index (χ0n) is 18.7. The number of carbonyl (C=O) groups excluding carboxylic acids is 1. The number of carbonyl (C=O) groups is 1. The summed E-state index contributed by atoms with van der Waals surface area (Å²) in [6, 6.07) is 22.6. The summed E-state index contributed by atoms with van der Waals surface area (Å²) in [6.07, 6.45) is 0.681. The molecule has 1 amide bonds. The molecule has 166 valence electrons. The fourth-order valence-corrected chi connectivity index (χ4v) is 4.51. The number of rotatable bonds is 6. The van der Waals surface area contributed by atoms with Crippen LogP contribution in [0.3, 0.4) is 0 Å². The van der Waals surface area contributed by atoms with E-state index in [9.17, 15) is 9.59 Å². The van der Waals surface area contributed by atoms with Gasteiger partial charge in [0.2, 0.25) is 5.76 Å². The highest BCUT2D eigenvalue weighted by Crippen LogP contribution is 2.38. The molecule has 1 aliphatic heterocycles. The van der Waals surface area contributed by atoms with Gasteiger partial charge < -0.3 is 14.1 Å². The van der Waals surface area contributed by atoms with Crippen LogP contribution < -0.4 is 10.2 Å². The predicted octanol–water partition coefficient (Wildman–Crippen LogP) is 5.29. The Morgan fingerprint density at radius 3 is 2.45 bits per heavy atom. The summed E-state index contributed by atoms with van der Waals surface area (Å²) in [6.45, 7) is 4.91. The standard InChI is InChI=1S/C28H25NO4/c1-3-32-21-12-10-20(11-13-21)25-24-26(30)22-14-9-18(2)17-23(22)33-27(24)28(31)29(25)16-15-19-7-5-4-6-8-19/h4-14,17,25H,3,15-16H2,1-2H3. The summed E-state index contributed by atoms with van der Waals surface area (Å²) >= 11 is 0. The monoisotopic (exact) mass is 439 g/mol. The molecule has 0 spiro atoms. The lowest BCUT2D eigenvalue weighted by atomic mass is 9.98. The Morgan fingerprint density at radius 1 is 0.970 bits per heavy atom. The van der Waals surface area contributed by atoms with Crippen molar-refractivity contribution in [1.29, 1.82) is 0 Å². The third-order valence-corrected chi connectivity index (χ3v) is 6.11. The quantitative estimate of drug-likeness (QED) is 0.410. The summed E-state index contributed by atoms with van der Waals surface area (Å²) in [5.74, 6) is 0.646. The lowest BCUT2D eigenvalue weighted by Crippen LogP contribution is -2.31. The second-order valence-corrected chi connectivity index (χ2v) is 8.31. The van der Waals surface area contributed by atoms with Gasteiger partial charge in [-0.3, -0.25) is 9.59 Å². The van der Waals surface area contributed by atoms with Crippen molar-refractivity contribution in [3.8, 4) is 5.75 Å². The molecule has 1 aliphatic rings. The topological polar surface area (TPSA) is 59.8 Å². The number of amides is 1. The Kier molecular flexibility index (Phi) is 5.47. The SMILES string of the molecule is CCOc1ccc(C2c3c(oc4cc(C)ccc4c3=O)C(=O)N2CCc2ccccc2)cc1. The van der Waals surface area contributed by atoms with E-state index in [0.29, 0.717) is 36.1 Å². The molecule has 0 N–H and O–H groups in total. The summed E-state index contributed by atoms with van der Waals surface area (Å²) in [5.41, 5.74) is 3.67. The molecule has 5 rings (SSSR count). The van der Waals surface area contributed by atoms with Crippen molar-refractivity contribution in [2.24, 2.45) is 0 Å². The normalized spacial score (nSPS) is 15.2. The minimum absolute atomic E-state index is 0.144. The van der Waals surface area contributed by atoms with Gasteiger partial charge >= 0.3 is 0 Å². The van der Waals surface area contributed by atoms with Crippen molar-refractivity contribution in [2.75, 3.05) is 13.2 Å². The van der Waals surface area contributed by atoms with E-state index >= 15 is 0 Å². The number of fused-ring (bicyclic) bond motifs is 2. The van der Waals surface area contributed by atoms with Gasteiger partial charge in [-0.15, -0.1) is 0 Å². The van der Waals surface area contributed by atoms with Crippen LogP contribution in [0.15, 0.2) is 82.0 Å². The maximum absolute atomic E-state index is 13.6. The van der Waals surface area contributed by atoms with E-state index < -0.39 is 6.04 Å². The maximum atomic E-state index is 13.6. The first-order valence-electron chi connectivity index (χ1n) is 11.2. The molecular formula is C28H25NO4. The summed E-state index contributed by atoms with van der Waals surface area (Å²) in [5, 5.41) is 0.494. The molecule has 33 heavy (non-hydrogen) atoms. The maximum Gasteiger partial charge on any atom is 0.290 e. The number of benzene rings is 3. The van der Waals surface area contributed by atoms with Gasteiger partial charge in [0.15, 0.2) is 5.43 Å². The Morgan fingerprint density at radius 2 is 1.73 bits per heavy atom. The van der Waals surface area contributed by atoms with E-state index in [2.05, 4.69) is 0 Å². The van der Waals surface area contributed by atoms with Crippen molar-refractivity contribution in [2.45, 2.75) is 26.3 Å². The van der Waals surface area contributed by atoms with Crippen molar-refractivity contribution >= 4 is 16.9 Å². The minimum atomic E-state index is -0.506. The number of nitrogens with zero attached hydrogens (tertiary/aromatic N) is 1. The Hall–Kier alpha value is -3.86. The van der Waals surface area contributed by atoms with Crippen molar-refractivity contribution < 1.29 is 13.9 Å². The number of hydrogen-bond donors (Lipinski definition) is 0. The van der Waals surface area contributed by atoms with Gasteiger partial charge in [-0.2, -0.15) is 0 Å². The van der Waals surface area contributed by atoms with Crippen LogP contribution in [0.2, 0.25) is 0 Å². The molecule has 0 bridgehead atoms. The van der Waals surface area contributed by atoms with E-state index in [4.69, 9.17) is 9.15 Å². The van der Waals surface area contributed by atoms with Crippen LogP contribution in [0.1, 0.15) is 45.8 Å². The van der Waals surface area contributed by atoms with Crippen molar-refractivity contribution in [3.63, 3.8) is 0 Å². The molecule has 1 aromatic heterocycles. The highest BCUT2D eigenvalue weighted by atomic mass is 16.5. The fourth-order valence-electron chi connectivity index (χ4n) is 4.51. The highest BCUT2D eigenvalue weighted by Gasteiger charge is 2.42. The van der Waals surface area contributed by atoms with Gasteiger partial charge in [-0.05, 0) is 61.2 Å². The van der Waals surface area contributed by atoms with Gasteiger partial charge in [0.1, 0.15) is 11.3 Å². The molecule has 2 heterocycles. The molecule has 1 unspecified atom stereocenters. The highest BCUT2D eigenvalue weighted by molar-refractivity contribution is 5.99. The number of hydrogen-bond acceptors (Lipinski definition) is 4. The molecule has 0 saturated heterocycles. The smallest absolute Gasteiger partial charge is 0.290 e. The van der Waals surface area contributed by atoms with E-state index in [0.717, 1.165) is 22.4 Å². The van der Waals surface area contributed by atoms with Crippen LogP contribution in [0, 0.1) is 6.92 Å². The number of ether oxygens (including phenoxy) is 1. The zero-order chi connectivity index (χ0) is 22.9. The van der Waals surface area contributed by atoms with Gasteiger partial charge in [-0.1, -0.05) is 48.5 Å². The van der Waals surface area contributed by atoms with Crippen LogP contribution >= 0.6 is 0 Å². The fraction of sp³-hybridized carbons (Fsp3) is 0.214. The molecule has 0 radical (unpaired) electrons. The summed E-state index contributed by atoms with van der Waals surface area (Å²) in [4.78, 5) is 28.9. The molecule has 0 fully saturated rings. The second-order valence-electron chi connectivity index (χ2n) is 8.31. The second kappa shape index (κ2) is 8.58. The van der Waals surface area contributed by atoms with Crippen LogP contribution in [-0.2, 0) is 6.42 Å². The van der Waals surface area contributed by atoms with E-state index in [1.807, 2.05) is 80.6 Å². The predicted molar refractivity (Wildman–Crippen MR) is 128 cm³/mol. The van der Waals surface area contributed by atoms with Gasteiger partial charge in [0, 0.05) is 6.54 Å². The lowest BCUT2D eigenvalue weighted by molar-refractivity contribution is 0.0730. The molecule has 5 heteroatoms. The zero-order valence-corrected chi connectivity index (χ0v) is 18.7. The first-order chi connectivity index (χ1) is 16.1. The van der Waals surface area contributed by atoms with Crippen LogP contribution in [0.5, 0.6) is 5.75 Å².